The van der Waals surface area contributed by atoms with Gasteiger partial charge in [-0.25, -0.2) is 0 Å². The topological polar surface area (TPSA) is 26.9 Å². The van der Waals surface area contributed by atoms with Gasteiger partial charge in [0.15, 0.2) is 5.78 Å². The molecule has 3 nitrogen and oxygen atoms in total. The van der Waals surface area contributed by atoms with Crippen LogP contribution in [0.2, 0.25) is 0 Å². The summed E-state index contributed by atoms with van der Waals surface area (Å²) < 4.78 is 5.04. The van der Waals surface area contributed by atoms with Crippen LogP contribution < -0.4 is 0 Å². The Kier molecular flexibility index (Phi) is 6.11. The highest BCUT2D eigenvalue weighted by Crippen LogP contribution is 2.42. The first-order chi connectivity index (χ1) is 23.7. The van der Waals surface area contributed by atoms with Crippen molar-refractivity contribution in [3.63, 3.8) is 0 Å². The van der Waals surface area contributed by atoms with E-state index < -0.39 is 0 Å². The molecular formula is C45H34N2O. The van der Waals surface area contributed by atoms with Crippen molar-refractivity contribution in [3.05, 3.63) is 155 Å². The monoisotopic (exact) mass is 618 g/mol. The van der Waals surface area contributed by atoms with Crippen molar-refractivity contribution in [2.45, 2.75) is 38.5 Å². The van der Waals surface area contributed by atoms with Gasteiger partial charge in [0.2, 0.25) is 0 Å². The minimum atomic E-state index is 0.0506. The predicted molar refractivity (Wildman–Crippen MR) is 201 cm³/mol. The third kappa shape index (κ3) is 4.10. The van der Waals surface area contributed by atoms with Crippen molar-refractivity contribution in [1.29, 1.82) is 0 Å². The summed E-state index contributed by atoms with van der Waals surface area (Å²) in [5.41, 5.74) is 11.9. The molecule has 3 heteroatoms. The fraction of sp³-hybridized carbons (Fsp3) is 0.133. The Bertz CT molecular complexity index is 2630. The summed E-state index contributed by atoms with van der Waals surface area (Å²) >= 11 is 0. The summed E-state index contributed by atoms with van der Waals surface area (Å²) in [6.45, 7) is 0. The lowest BCUT2D eigenvalue weighted by Crippen LogP contribution is -2.04. The van der Waals surface area contributed by atoms with Gasteiger partial charge in [-0.05, 0) is 91.1 Å². The lowest BCUT2D eigenvalue weighted by atomic mass is 9.97. The summed E-state index contributed by atoms with van der Waals surface area (Å²) in [6, 6.07) is 31.8. The highest BCUT2D eigenvalue weighted by Gasteiger charge is 2.25. The molecule has 5 aromatic carbocycles. The molecule has 0 radical (unpaired) electrons. The second-order valence-electron chi connectivity index (χ2n) is 13.4. The highest BCUT2D eigenvalue weighted by molar-refractivity contribution is 6.13. The van der Waals surface area contributed by atoms with Crippen LogP contribution in [-0.2, 0) is 12.8 Å². The van der Waals surface area contributed by atoms with Gasteiger partial charge in [-0.3, -0.25) is 4.79 Å². The number of benzene rings is 5. The smallest absolute Gasteiger partial charge is 0.193 e. The Balaban J connectivity index is 1.17. The minimum Gasteiger partial charge on any atom is -0.313 e. The quantitative estimate of drug-likeness (QED) is 0.180. The van der Waals surface area contributed by atoms with Gasteiger partial charge >= 0.3 is 0 Å². The van der Waals surface area contributed by atoms with Gasteiger partial charge in [0, 0.05) is 55.5 Å². The number of ketones is 1. The molecule has 10 rings (SSSR count). The minimum absolute atomic E-state index is 0.0506. The van der Waals surface area contributed by atoms with Crippen LogP contribution in [0, 0.1) is 0 Å². The van der Waals surface area contributed by atoms with Gasteiger partial charge in [0.1, 0.15) is 0 Å². The van der Waals surface area contributed by atoms with E-state index in [0.29, 0.717) is 11.1 Å². The third-order valence-corrected chi connectivity index (χ3v) is 10.6. The number of rotatable bonds is 4. The van der Waals surface area contributed by atoms with Gasteiger partial charge in [-0.15, -0.1) is 0 Å². The van der Waals surface area contributed by atoms with Crippen LogP contribution in [0.5, 0.6) is 0 Å². The van der Waals surface area contributed by atoms with E-state index in [0.717, 1.165) is 60.1 Å². The Morgan fingerprint density at radius 3 is 1.92 bits per heavy atom. The van der Waals surface area contributed by atoms with E-state index in [-0.39, 0.29) is 5.78 Å². The summed E-state index contributed by atoms with van der Waals surface area (Å²) in [7, 11) is 0. The first-order valence-electron chi connectivity index (χ1n) is 17.2. The number of carbonyl (C=O) groups is 1. The van der Waals surface area contributed by atoms with Crippen LogP contribution in [0.3, 0.4) is 0 Å². The predicted octanol–water partition coefficient (Wildman–Crippen LogP) is 11.2. The summed E-state index contributed by atoms with van der Waals surface area (Å²) in [6.07, 6.45) is 22.7. The molecule has 0 aliphatic heterocycles. The molecule has 0 unspecified atom stereocenters. The molecule has 2 aromatic heterocycles. The first-order valence-corrected chi connectivity index (χ1v) is 17.2. The lowest BCUT2D eigenvalue weighted by Gasteiger charge is -2.16. The second-order valence-corrected chi connectivity index (χ2v) is 13.4. The first kappa shape index (κ1) is 27.4. The maximum absolute atomic E-state index is 13.7. The fourth-order valence-corrected chi connectivity index (χ4v) is 8.36. The summed E-state index contributed by atoms with van der Waals surface area (Å²) in [5, 5.41) is 7.06. The highest BCUT2D eigenvalue weighted by atomic mass is 16.1. The van der Waals surface area contributed by atoms with Crippen LogP contribution >= 0.6 is 0 Å². The lowest BCUT2D eigenvalue weighted by molar-refractivity contribution is 0.103. The molecule has 3 aliphatic carbocycles. The van der Waals surface area contributed by atoms with Gasteiger partial charge in [-0.1, -0.05) is 97.1 Å². The molecular weight excluding hydrogens is 585 g/mol. The number of fused-ring (bicyclic) bond motifs is 8. The standard InChI is InChI=1S/C45H34N2O/c48-45(32-22-21-29-11-4-5-12-30(29)25-32)33-23-24-35-31(26-33)13-10-20-40(35)47-42-19-9-7-17-37(42)39-27-43-38(28-44(39)47)36-16-6-8-18-41(36)46(43)34-14-2-1-3-15-34/h2,4-7,10-17,20-28H,1,3,8-9,18-19H2. The van der Waals surface area contributed by atoms with E-state index in [1.165, 1.54) is 55.7 Å². The SMILES string of the molecule is O=C(c1ccc2ccccc2c1)c1ccc2c(-n3c4c(c5cc6c(cc53)c3c(n6C5=CCCC=C5)CCC=C3)C=CCC4)cccc2c1. The van der Waals surface area contributed by atoms with Crippen LogP contribution in [0.1, 0.15) is 64.1 Å². The maximum atomic E-state index is 13.7. The number of aromatic nitrogens is 2. The summed E-state index contributed by atoms with van der Waals surface area (Å²) in [5.74, 6) is 0.0506. The largest absolute Gasteiger partial charge is 0.313 e. The van der Waals surface area contributed by atoms with Crippen molar-refractivity contribution >= 4 is 67.0 Å². The van der Waals surface area contributed by atoms with Crippen LogP contribution in [0.4, 0.5) is 0 Å². The number of nitrogens with zero attached hydrogens (tertiary/aromatic N) is 2. The van der Waals surface area contributed by atoms with E-state index in [2.05, 4.69) is 106 Å². The van der Waals surface area contributed by atoms with Crippen LogP contribution in [0.25, 0.3) is 66.9 Å². The van der Waals surface area contributed by atoms with E-state index >= 15 is 0 Å². The van der Waals surface area contributed by atoms with Crippen molar-refractivity contribution in [3.8, 4) is 5.69 Å². The molecule has 0 fully saturated rings. The van der Waals surface area contributed by atoms with Crippen molar-refractivity contribution in [2.24, 2.45) is 0 Å². The Labute approximate surface area is 279 Å². The zero-order valence-electron chi connectivity index (χ0n) is 26.7. The molecule has 0 N–H and O–H groups in total. The molecule has 0 bridgehead atoms. The normalized spacial score (nSPS) is 15.4. The average Bonchev–Trinajstić information content (AvgIpc) is 3.65. The Hall–Kier alpha value is -5.67. The van der Waals surface area contributed by atoms with Gasteiger partial charge in [0.05, 0.1) is 16.7 Å². The number of hydrogen-bond acceptors (Lipinski definition) is 1. The number of hydrogen-bond donors (Lipinski definition) is 0. The molecule has 0 atom stereocenters. The summed E-state index contributed by atoms with van der Waals surface area (Å²) in [4.78, 5) is 13.7. The zero-order valence-corrected chi connectivity index (χ0v) is 26.7. The molecule has 7 aromatic rings. The molecule has 0 spiro atoms. The average molecular weight is 619 g/mol. The van der Waals surface area contributed by atoms with Gasteiger partial charge in [-0.2, -0.15) is 0 Å². The Morgan fingerprint density at radius 2 is 1.17 bits per heavy atom. The number of carbonyl (C=O) groups excluding carboxylic acids is 1. The van der Waals surface area contributed by atoms with Gasteiger partial charge < -0.3 is 9.13 Å². The van der Waals surface area contributed by atoms with Crippen molar-refractivity contribution < 1.29 is 4.79 Å². The molecule has 48 heavy (non-hydrogen) atoms. The third-order valence-electron chi connectivity index (χ3n) is 10.6. The fourth-order valence-electron chi connectivity index (χ4n) is 8.36. The maximum Gasteiger partial charge on any atom is 0.193 e. The van der Waals surface area contributed by atoms with Crippen LogP contribution in [-0.4, -0.2) is 14.9 Å². The molecule has 3 aliphatic rings. The van der Waals surface area contributed by atoms with E-state index in [4.69, 9.17) is 0 Å². The molecule has 0 saturated carbocycles. The Morgan fingerprint density at radius 1 is 0.521 bits per heavy atom. The van der Waals surface area contributed by atoms with Crippen molar-refractivity contribution in [1.82, 2.24) is 9.13 Å². The zero-order chi connectivity index (χ0) is 31.8. The van der Waals surface area contributed by atoms with Gasteiger partial charge in [0.25, 0.3) is 0 Å². The molecule has 0 amide bonds. The van der Waals surface area contributed by atoms with E-state index in [9.17, 15) is 4.79 Å². The van der Waals surface area contributed by atoms with Crippen LogP contribution in [0.15, 0.2) is 121 Å². The number of allylic oxidation sites excluding steroid dienone is 6. The molecule has 230 valence electrons. The molecule has 2 heterocycles. The molecule has 0 saturated heterocycles. The van der Waals surface area contributed by atoms with E-state index in [1.807, 2.05) is 36.4 Å². The second kappa shape index (κ2) is 10.7. The van der Waals surface area contributed by atoms with Crippen molar-refractivity contribution in [2.75, 3.05) is 0 Å². The van der Waals surface area contributed by atoms with E-state index in [1.54, 1.807) is 0 Å².